The van der Waals surface area contributed by atoms with E-state index in [-0.39, 0.29) is 16.2 Å². The lowest BCUT2D eigenvalue weighted by Gasteiger charge is -2.37. The van der Waals surface area contributed by atoms with Gasteiger partial charge in [-0.3, -0.25) is 4.55 Å². The molecule has 0 atom stereocenters. The molecule has 3 aromatic carbocycles. The molecule has 0 radical (unpaired) electrons. The third-order valence-corrected chi connectivity index (χ3v) is 9.28. The van der Waals surface area contributed by atoms with Crippen molar-refractivity contribution < 1.29 is 26.1 Å². The smallest absolute Gasteiger partial charge is 0.279 e. The zero-order valence-corrected chi connectivity index (χ0v) is 25.9. The third-order valence-electron chi connectivity index (χ3n) is 6.14. The number of rotatable bonds is 3. The topological polar surface area (TPSA) is 54.4 Å². The van der Waals surface area contributed by atoms with Crippen molar-refractivity contribution in [1.29, 1.82) is 0 Å². The van der Waals surface area contributed by atoms with Crippen LogP contribution in [0.1, 0.15) is 79.0 Å². The minimum Gasteiger partial charge on any atom is -0.279 e. The van der Waals surface area contributed by atoms with Gasteiger partial charge in [-0.15, -0.1) is 0 Å². The molecule has 0 saturated carbocycles. The SMILES string of the molecule is CC(C)(C)c1cc(C(C)(C)C)c(P(c2ccccc2)c2ccccc2)c(C(C)(C)C)c1.O=S(=O)(O)C(F)(F)F. The first kappa shape index (κ1) is 33.0. The zero-order valence-electron chi connectivity index (χ0n) is 24.2. The number of hydrogen-bond acceptors (Lipinski definition) is 2. The van der Waals surface area contributed by atoms with Crippen molar-refractivity contribution in [3.05, 3.63) is 89.5 Å². The maximum atomic E-state index is 10.7. The highest BCUT2D eigenvalue weighted by Crippen LogP contribution is 2.43. The van der Waals surface area contributed by atoms with E-state index in [4.69, 9.17) is 13.0 Å². The van der Waals surface area contributed by atoms with Gasteiger partial charge in [0, 0.05) is 0 Å². The molecule has 0 aliphatic heterocycles. The summed E-state index contributed by atoms with van der Waals surface area (Å²) >= 11 is 0. The van der Waals surface area contributed by atoms with Crippen LogP contribution in [0.2, 0.25) is 0 Å². The highest BCUT2D eigenvalue weighted by atomic mass is 32.2. The van der Waals surface area contributed by atoms with E-state index >= 15 is 0 Å². The minimum atomic E-state index is -5.84. The Morgan fingerprint density at radius 1 is 0.615 bits per heavy atom. The van der Waals surface area contributed by atoms with E-state index in [0.717, 1.165) is 0 Å². The second-order valence-electron chi connectivity index (χ2n) is 12.6. The van der Waals surface area contributed by atoms with E-state index in [1.165, 1.54) is 27.3 Å². The van der Waals surface area contributed by atoms with Crippen LogP contribution in [0, 0.1) is 0 Å². The molecule has 0 saturated heterocycles. The summed E-state index contributed by atoms with van der Waals surface area (Å²) in [5.74, 6) is 0. The first-order valence-electron chi connectivity index (χ1n) is 12.7. The average molecular weight is 581 g/mol. The summed E-state index contributed by atoms with van der Waals surface area (Å²) in [6, 6.07) is 27.3. The lowest BCUT2D eigenvalue weighted by Crippen LogP contribution is -2.35. The fourth-order valence-corrected chi connectivity index (χ4v) is 7.05. The molecule has 0 heterocycles. The van der Waals surface area contributed by atoms with E-state index in [1.807, 2.05) is 0 Å². The predicted molar refractivity (Wildman–Crippen MR) is 159 cm³/mol. The molecule has 0 bridgehead atoms. The summed E-state index contributed by atoms with van der Waals surface area (Å²) in [6.45, 7) is 21.2. The lowest BCUT2D eigenvalue weighted by atomic mass is 9.75. The molecular weight excluding hydrogens is 540 g/mol. The standard InChI is InChI=1S/C30H39P.CHF3O3S/c1-28(2,3)22-20-25(29(4,5)6)27(26(21-22)30(7,8)9)31(23-16-12-10-13-17-23)24-18-14-11-15-19-24;2-1(3,4)8(5,6)7/h10-21H,1-9H3;(H,5,6,7). The maximum Gasteiger partial charge on any atom is 0.522 e. The summed E-state index contributed by atoms with van der Waals surface area (Å²) in [5, 5.41) is 4.38. The van der Waals surface area contributed by atoms with Gasteiger partial charge in [0.05, 0.1) is 0 Å². The van der Waals surface area contributed by atoms with Gasteiger partial charge in [0.25, 0.3) is 0 Å². The van der Waals surface area contributed by atoms with E-state index < -0.39 is 23.5 Å². The fraction of sp³-hybridized carbons (Fsp3) is 0.419. The molecule has 3 nitrogen and oxygen atoms in total. The summed E-state index contributed by atoms with van der Waals surface area (Å²) in [4.78, 5) is 0. The molecule has 0 amide bonds. The molecule has 1 N–H and O–H groups in total. The monoisotopic (exact) mass is 580 g/mol. The fourth-order valence-electron chi connectivity index (χ4n) is 4.01. The van der Waals surface area contributed by atoms with Gasteiger partial charge in [-0.2, -0.15) is 21.6 Å². The van der Waals surface area contributed by atoms with Gasteiger partial charge < -0.3 is 0 Å². The van der Waals surface area contributed by atoms with Crippen molar-refractivity contribution in [1.82, 2.24) is 0 Å². The summed E-state index contributed by atoms with van der Waals surface area (Å²) < 4.78 is 57.5. The average Bonchev–Trinajstić information content (AvgIpc) is 2.77. The predicted octanol–water partition coefficient (Wildman–Crippen LogP) is 7.73. The van der Waals surface area contributed by atoms with Crippen molar-refractivity contribution in [2.24, 2.45) is 0 Å². The molecule has 0 aliphatic carbocycles. The van der Waals surface area contributed by atoms with E-state index in [9.17, 15) is 13.2 Å². The number of alkyl halides is 3. The Balaban J connectivity index is 0.000000580. The quantitative estimate of drug-likeness (QED) is 0.196. The van der Waals surface area contributed by atoms with E-state index in [1.54, 1.807) is 5.30 Å². The molecule has 3 rings (SSSR count). The van der Waals surface area contributed by atoms with Gasteiger partial charge in [0.15, 0.2) is 0 Å². The first-order valence-corrected chi connectivity index (χ1v) is 15.5. The van der Waals surface area contributed by atoms with Crippen molar-refractivity contribution in [3.8, 4) is 0 Å². The second-order valence-corrected chi connectivity index (χ2v) is 16.2. The van der Waals surface area contributed by atoms with Gasteiger partial charge in [0.1, 0.15) is 0 Å². The summed E-state index contributed by atoms with van der Waals surface area (Å²) in [7, 11) is -6.50. The lowest BCUT2D eigenvalue weighted by molar-refractivity contribution is -0.0510. The molecule has 0 aliphatic rings. The normalized spacial score (nSPS) is 13.2. The zero-order chi connectivity index (χ0) is 30.0. The molecule has 3 aromatic rings. The number of hydrogen-bond donors (Lipinski definition) is 1. The van der Waals surface area contributed by atoms with Gasteiger partial charge in [0.2, 0.25) is 0 Å². The largest absolute Gasteiger partial charge is 0.522 e. The highest BCUT2D eigenvalue weighted by molar-refractivity contribution is 7.86. The van der Waals surface area contributed by atoms with Gasteiger partial charge in [-0.05, 0) is 56.8 Å². The van der Waals surface area contributed by atoms with Crippen LogP contribution in [0.3, 0.4) is 0 Å². The van der Waals surface area contributed by atoms with Crippen LogP contribution in [0.5, 0.6) is 0 Å². The Morgan fingerprint density at radius 2 is 0.923 bits per heavy atom. The van der Waals surface area contributed by atoms with Crippen LogP contribution in [0.15, 0.2) is 72.8 Å². The van der Waals surface area contributed by atoms with Gasteiger partial charge in [-0.1, -0.05) is 135 Å². The van der Waals surface area contributed by atoms with E-state index in [2.05, 4.69) is 135 Å². The Kier molecular flexibility index (Phi) is 9.92. The maximum absolute atomic E-state index is 10.7. The van der Waals surface area contributed by atoms with Crippen molar-refractivity contribution in [2.45, 2.75) is 84.1 Å². The van der Waals surface area contributed by atoms with Gasteiger partial charge in [-0.25, -0.2) is 0 Å². The van der Waals surface area contributed by atoms with Crippen molar-refractivity contribution in [3.63, 3.8) is 0 Å². The third kappa shape index (κ3) is 8.64. The molecule has 214 valence electrons. The van der Waals surface area contributed by atoms with Crippen LogP contribution < -0.4 is 15.9 Å². The Labute approximate surface area is 233 Å². The van der Waals surface area contributed by atoms with Crippen LogP contribution in [-0.4, -0.2) is 18.5 Å². The Morgan fingerprint density at radius 3 is 1.15 bits per heavy atom. The van der Waals surface area contributed by atoms with Crippen molar-refractivity contribution >= 4 is 34.0 Å². The summed E-state index contributed by atoms with van der Waals surface area (Å²) in [6.07, 6.45) is 0. The second kappa shape index (κ2) is 11.7. The molecule has 8 heteroatoms. The Hall–Kier alpha value is -2.21. The van der Waals surface area contributed by atoms with Crippen LogP contribution in [-0.2, 0) is 26.4 Å². The van der Waals surface area contributed by atoms with Gasteiger partial charge >= 0.3 is 15.6 Å². The van der Waals surface area contributed by atoms with Crippen LogP contribution in [0.25, 0.3) is 0 Å². The Bertz CT molecular complexity index is 1270. The molecule has 39 heavy (non-hydrogen) atoms. The van der Waals surface area contributed by atoms with Crippen LogP contribution >= 0.6 is 7.92 Å². The first-order chi connectivity index (χ1) is 17.5. The number of benzene rings is 3. The minimum absolute atomic E-state index is 0.0563. The molecule has 0 spiro atoms. The number of halogens is 3. The van der Waals surface area contributed by atoms with E-state index in [0.29, 0.717) is 0 Å². The van der Waals surface area contributed by atoms with Crippen LogP contribution in [0.4, 0.5) is 13.2 Å². The molecule has 0 unspecified atom stereocenters. The highest BCUT2D eigenvalue weighted by Gasteiger charge is 2.44. The molecular formula is C31H40F3O3PS. The van der Waals surface area contributed by atoms with Crippen molar-refractivity contribution in [2.75, 3.05) is 0 Å². The molecule has 0 fully saturated rings. The summed E-state index contributed by atoms with van der Waals surface area (Å²) in [5.41, 5.74) is -0.899. The molecule has 0 aromatic heterocycles.